The molecule has 2 heterocycles. The van der Waals surface area contributed by atoms with Crippen molar-refractivity contribution in [1.82, 2.24) is 25.7 Å². The van der Waals surface area contributed by atoms with Crippen molar-refractivity contribution in [2.45, 2.75) is 19.0 Å². The molecule has 1 fully saturated rings. The lowest BCUT2D eigenvalue weighted by Gasteiger charge is -2.23. The van der Waals surface area contributed by atoms with Gasteiger partial charge in [0.05, 0.1) is 6.04 Å². The van der Waals surface area contributed by atoms with Gasteiger partial charge in [-0.1, -0.05) is 0 Å². The number of hydrogen-bond donors (Lipinski definition) is 3. The second kappa shape index (κ2) is 6.36. The number of hydrogen-bond acceptors (Lipinski definition) is 4. The summed E-state index contributed by atoms with van der Waals surface area (Å²) in [6, 6.07) is 1.81. The Morgan fingerprint density at radius 3 is 3.18 bits per heavy atom. The van der Waals surface area contributed by atoms with Crippen LogP contribution < -0.4 is 16.0 Å². The highest BCUT2D eigenvalue weighted by molar-refractivity contribution is 5.82. The fourth-order valence-electron chi connectivity index (χ4n) is 1.85. The van der Waals surface area contributed by atoms with Crippen LogP contribution in [0, 0.1) is 0 Å². The largest absolute Gasteiger partial charge is 0.355 e. The van der Waals surface area contributed by atoms with Gasteiger partial charge in [-0.25, -0.2) is 0 Å². The van der Waals surface area contributed by atoms with Crippen molar-refractivity contribution < 1.29 is 4.79 Å². The van der Waals surface area contributed by atoms with Gasteiger partial charge >= 0.3 is 0 Å². The highest BCUT2D eigenvalue weighted by atomic mass is 16.2. The van der Waals surface area contributed by atoms with E-state index < -0.39 is 0 Å². The van der Waals surface area contributed by atoms with Crippen LogP contribution >= 0.6 is 0 Å². The molecule has 1 unspecified atom stereocenters. The predicted molar refractivity (Wildman–Crippen MR) is 64.5 cm³/mol. The van der Waals surface area contributed by atoms with Crippen LogP contribution in [0.15, 0.2) is 18.5 Å². The lowest BCUT2D eigenvalue weighted by molar-refractivity contribution is -0.123. The Morgan fingerprint density at radius 2 is 2.47 bits per heavy atom. The summed E-state index contributed by atoms with van der Waals surface area (Å²) in [6.45, 7) is 4.03. The first-order valence-corrected chi connectivity index (χ1v) is 6.05. The van der Waals surface area contributed by atoms with Crippen LogP contribution in [-0.4, -0.2) is 47.9 Å². The second-order valence-electron chi connectivity index (χ2n) is 4.12. The summed E-state index contributed by atoms with van der Waals surface area (Å²) < 4.78 is 1.87. The Morgan fingerprint density at radius 1 is 1.53 bits per heavy atom. The fraction of sp³-hybridized carbons (Fsp3) is 0.636. The van der Waals surface area contributed by atoms with E-state index in [1.54, 1.807) is 6.20 Å². The van der Waals surface area contributed by atoms with Crippen molar-refractivity contribution in [1.29, 1.82) is 0 Å². The van der Waals surface area contributed by atoms with Crippen LogP contribution in [0.4, 0.5) is 0 Å². The van der Waals surface area contributed by atoms with E-state index in [0.717, 1.165) is 26.1 Å². The molecule has 0 aromatic carbocycles. The number of carbonyl (C=O) groups excluding carboxylic acids is 1. The Balaban J connectivity index is 1.59. The van der Waals surface area contributed by atoms with Gasteiger partial charge in [0.15, 0.2) is 0 Å². The maximum Gasteiger partial charge on any atom is 0.238 e. The molecule has 6 heteroatoms. The normalized spacial score (nSPS) is 20.1. The molecule has 1 aliphatic rings. The molecule has 1 amide bonds. The molecule has 1 saturated heterocycles. The number of amides is 1. The predicted octanol–water partition coefficient (Wildman–Crippen LogP) is -1.05. The van der Waals surface area contributed by atoms with E-state index in [-0.39, 0.29) is 11.9 Å². The van der Waals surface area contributed by atoms with Gasteiger partial charge in [0.2, 0.25) is 5.91 Å². The minimum Gasteiger partial charge on any atom is -0.355 e. The molecule has 1 aromatic rings. The van der Waals surface area contributed by atoms with E-state index in [9.17, 15) is 4.79 Å². The standard InChI is InChI=1S/C11H19N5O/c17-11(10-9-12-5-6-13-10)14-3-1-7-16-8-2-4-15-16/h2,4,8,10,12-13H,1,3,5-7,9H2,(H,14,17). The summed E-state index contributed by atoms with van der Waals surface area (Å²) in [7, 11) is 0. The lowest BCUT2D eigenvalue weighted by Crippen LogP contribution is -2.55. The van der Waals surface area contributed by atoms with E-state index in [2.05, 4.69) is 21.0 Å². The average molecular weight is 237 g/mol. The van der Waals surface area contributed by atoms with Gasteiger partial charge in [-0.2, -0.15) is 5.10 Å². The lowest BCUT2D eigenvalue weighted by atomic mass is 10.2. The van der Waals surface area contributed by atoms with Crippen molar-refractivity contribution in [3.8, 4) is 0 Å². The third-order valence-corrected chi connectivity index (χ3v) is 2.78. The Labute approximate surface area is 101 Å². The number of rotatable bonds is 5. The monoisotopic (exact) mass is 237 g/mol. The number of aryl methyl sites for hydroxylation is 1. The topological polar surface area (TPSA) is 71.0 Å². The maximum atomic E-state index is 11.7. The van der Waals surface area contributed by atoms with Crippen LogP contribution in [0.5, 0.6) is 0 Å². The van der Waals surface area contributed by atoms with Crippen molar-refractivity contribution in [3.05, 3.63) is 18.5 Å². The van der Waals surface area contributed by atoms with Crippen LogP contribution in [0.1, 0.15) is 6.42 Å². The average Bonchev–Trinajstić information content (AvgIpc) is 2.88. The van der Waals surface area contributed by atoms with Gasteiger partial charge < -0.3 is 16.0 Å². The van der Waals surface area contributed by atoms with Gasteiger partial charge in [-0.15, -0.1) is 0 Å². The zero-order chi connectivity index (χ0) is 11.9. The molecular weight excluding hydrogens is 218 g/mol. The first-order valence-electron chi connectivity index (χ1n) is 6.05. The third-order valence-electron chi connectivity index (χ3n) is 2.78. The van der Waals surface area contributed by atoms with Crippen molar-refractivity contribution in [3.63, 3.8) is 0 Å². The van der Waals surface area contributed by atoms with Crippen LogP contribution in [0.2, 0.25) is 0 Å². The summed E-state index contributed by atoms with van der Waals surface area (Å²) >= 11 is 0. The van der Waals surface area contributed by atoms with E-state index in [4.69, 9.17) is 0 Å². The molecule has 0 spiro atoms. The number of nitrogens with one attached hydrogen (secondary N) is 3. The molecule has 0 radical (unpaired) electrons. The Hall–Kier alpha value is -1.40. The van der Waals surface area contributed by atoms with Gasteiger partial charge in [0.1, 0.15) is 0 Å². The molecule has 0 aliphatic carbocycles. The van der Waals surface area contributed by atoms with Crippen LogP contribution in [-0.2, 0) is 11.3 Å². The molecule has 0 saturated carbocycles. The SMILES string of the molecule is O=C(NCCCn1cccn1)C1CNCCN1. The molecule has 1 aliphatic heterocycles. The van der Waals surface area contributed by atoms with Crippen molar-refractivity contribution in [2.24, 2.45) is 0 Å². The van der Waals surface area contributed by atoms with Gasteiger partial charge in [0, 0.05) is 45.1 Å². The number of aromatic nitrogens is 2. The zero-order valence-corrected chi connectivity index (χ0v) is 9.85. The van der Waals surface area contributed by atoms with Gasteiger partial charge in [0.25, 0.3) is 0 Å². The van der Waals surface area contributed by atoms with Gasteiger partial charge in [-0.3, -0.25) is 9.48 Å². The minimum atomic E-state index is -0.0894. The summed E-state index contributed by atoms with van der Waals surface area (Å²) in [6.07, 6.45) is 4.58. The minimum absolute atomic E-state index is 0.0812. The highest BCUT2D eigenvalue weighted by Gasteiger charge is 2.19. The van der Waals surface area contributed by atoms with E-state index in [1.807, 2.05) is 16.9 Å². The Kier molecular flexibility index (Phi) is 4.52. The number of nitrogens with zero attached hydrogens (tertiary/aromatic N) is 2. The Bertz CT molecular complexity index is 332. The molecule has 1 aromatic heterocycles. The summed E-state index contributed by atoms with van der Waals surface area (Å²) in [5.74, 6) is 0.0812. The fourth-order valence-corrected chi connectivity index (χ4v) is 1.85. The van der Waals surface area contributed by atoms with Gasteiger partial charge in [-0.05, 0) is 12.5 Å². The molecule has 17 heavy (non-hydrogen) atoms. The molecule has 1 atom stereocenters. The highest BCUT2D eigenvalue weighted by Crippen LogP contribution is 1.90. The molecule has 0 bridgehead atoms. The van der Waals surface area contributed by atoms with Crippen LogP contribution in [0.25, 0.3) is 0 Å². The molecule has 6 nitrogen and oxygen atoms in total. The van der Waals surface area contributed by atoms with Crippen molar-refractivity contribution in [2.75, 3.05) is 26.2 Å². The third kappa shape index (κ3) is 3.83. The van der Waals surface area contributed by atoms with E-state index >= 15 is 0 Å². The molecule has 94 valence electrons. The van der Waals surface area contributed by atoms with Crippen molar-refractivity contribution >= 4 is 5.91 Å². The quantitative estimate of drug-likeness (QED) is 0.572. The zero-order valence-electron chi connectivity index (χ0n) is 9.85. The van der Waals surface area contributed by atoms with Crippen LogP contribution in [0.3, 0.4) is 0 Å². The summed E-state index contributed by atoms with van der Waals surface area (Å²) in [5, 5.41) is 13.4. The number of piperazine rings is 1. The van der Waals surface area contributed by atoms with E-state index in [0.29, 0.717) is 13.1 Å². The molecule has 2 rings (SSSR count). The smallest absolute Gasteiger partial charge is 0.238 e. The van der Waals surface area contributed by atoms with E-state index in [1.165, 1.54) is 0 Å². The number of carbonyl (C=O) groups is 1. The summed E-state index contributed by atoms with van der Waals surface area (Å²) in [5.41, 5.74) is 0. The second-order valence-corrected chi connectivity index (χ2v) is 4.12. The summed E-state index contributed by atoms with van der Waals surface area (Å²) in [4.78, 5) is 11.7. The molecule has 3 N–H and O–H groups in total. The first-order chi connectivity index (χ1) is 8.36. The maximum absolute atomic E-state index is 11.7. The molecular formula is C11H19N5O. The first kappa shape index (κ1) is 12.1.